The fraction of sp³-hybridized carbons (Fsp3) is 1.00. The fourth-order valence-electron chi connectivity index (χ4n) is 7.30. The molecule has 0 spiro atoms. The normalized spacial score (nSPS) is 17.1. The zero-order valence-electron chi connectivity index (χ0n) is 40.9. The molecule has 1 saturated carbocycles. The molecule has 0 aliphatic heterocycles. The van der Waals surface area contributed by atoms with Crippen LogP contribution in [-0.4, -0.2) is 207 Å². The van der Waals surface area contributed by atoms with Crippen LogP contribution in [0, 0.1) is 23.7 Å². The highest BCUT2D eigenvalue weighted by atomic mass is 16.6. The van der Waals surface area contributed by atoms with E-state index in [2.05, 4.69) is 20.8 Å². The van der Waals surface area contributed by atoms with Gasteiger partial charge in [-0.15, -0.1) is 0 Å². The molecule has 16 heteroatoms. The number of ether oxygens (including phenoxy) is 14. The Balaban J connectivity index is 1.74. The highest BCUT2D eigenvalue weighted by molar-refractivity contribution is 4.81. The van der Waals surface area contributed by atoms with Crippen molar-refractivity contribution in [2.75, 3.05) is 185 Å². The Hall–Kier alpha value is -0.640. The second-order valence-electron chi connectivity index (χ2n) is 16.9. The maximum atomic E-state index is 10.4. The molecule has 0 bridgehead atoms. The highest BCUT2D eigenvalue weighted by Gasteiger charge is 2.31. The first-order valence-electron chi connectivity index (χ1n) is 24.8. The van der Waals surface area contributed by atoms with Crippen molar-refractivity contribution in [1.29, 1.82) is 0 Å². The number of aliphatic hydroxyl groups excluding tert-OH is 2. The largest absolute Gasteiger partial charge is 0.394 e. The molecular weight excluding hydrogens is 833 g/mol. The van der Waals surface area contributed by atoms with Crippen molar-refractivity contribution in [3.05, 3.63) is 0 Å². The Kier molecular flexibility index (Phi) is 46.8. The number of hydrogen-bond donors (Lipinski definition) is 2. The molecule has 1 rings (SSSR count). The molecule has 16 nitrogen and oxygen atoms in total. The Bertz CT molecular complexity index is 898. The van der Waals surface area contributed by atoms with Gasteiger partial charge in [0.2, 0.25) is 0 Å². The van der Waals surface area contributed by atoms with E-state index >= 15 is 0 Å². The summed E-state index contributed by atoms with van der Waals surface area (Å²) >= 11 is 0. The van der Waals surface area contributed by atoms with Gasteiger partial charge in [0.15, 0.2) is 0 Å². The van der Waals surface area contributed by atoms with Gasteiger partial charge in [0.05, 0.1) is 197 Å². The van der Waals surface area contributed by atoms with Crippen molar-refractivity contribution in [1.82, 2.24) is 0 Å². The summed E-state index contributed by atoms with van der Waals surface area (Å²) in [5.74, 6) is 2.93. The molecule has 64 heavy (non-hydrogen) atoms. The first-order valence-corrected chi connectivity index (χ1v) is 24.8. The first-order chi connectivity index (χ1) is 31.4. The van der Waals surface area contributed by atoms with E-state index in [1.165, 1.54) is 51.4 Å². The van der Waals surface area contributed by atoms with E-state index in [1.807, 2.05) is 6.92 Å². The second-order valence-corrected chi connectivity index (χ2v) is 16.9. The smallest absolute Gasteiger partial charge is 0.0860 e. The lowest BCUT2D eigenvalue weighted by Crippen LogP contribution is -2.37. The van der Waals surface area contributed by atoms with Crippen LogP contribution in [0.1, 0.15) is 91.9 Å². The Labute approximate surface area is 388 Å². The lowest BCUT2D eigenvalue weighted by molar-refractivity contribution is -0.0887. The Morgan fingerprint density at radius 3 is 0.969 bits per heavy atom. The minimum absolute atomic E-state index is 0.0223. The average molecular weight is 929 g/mol. The third kappa shape index (κ3) is 42.7. The molecule has 0 aromatic heterocycles. The topological polar surface area (TPSA) is 170 Å². The minimum Gasteiger partial charge on any atom is -0.394 e. The quantitative estimate of drug-likeness (QED) is 0.0744. The van der Waals surface area contributed by atoms with Gasteiger partial charge < -0.3 is 76.5 Å². The van der Waals surface area contributed by atoms with Crippen LogP contribution in [0.2, 0.25) is 0 Å². The molecule has 1 aliphatic rings. The van der Waals surface area contributed by atoms with E-state index in [0.29, 0.717) is 184 Å². The van der Waals surface area contributed by atoms with E-state index in [4.69, 9.17) is 71.4 Å². The van der Waals surface area contributed by atoms with Gasteiger partial charge in [-0.05, 0) is 43.4 Å². The number of rotatable bonds is 52. The van der Waals surface area contributed by atoms with Crippen LogP contribution in [0.25, 0.3) is 0 Å². The molecule has 0 aromatic rings. The Morgan fingerprint density at radius 1 is 0.375 bits per heavy atom. The molecule has 0 saturated heterocycles. The number of aliphatic hydroxyl groups is 2. The van der Waals surface area contributed by atoms with Gasteiger partial charge in [0.25, 0.3) is 0 Å². The van der Waals surface area contributed by atoms with Crippen LogP contribution in [0.5, 0.6) is 0 Å². The summed E-state index contributed by atoms with van der Waals surface area (Å²) in [4.78, 5) is 0. The molecule has 1 aliphatic carbocycles. The van der Waals surface area contributed by atoms with Crippen LogP contribution in [0.3, 0.4) is 0 Å². The highest BCUT2D eigenvalue weighted by Crippen LogP contribution is 2.36. The predicted molar refractivity (Wildman–Crippen MR) is 246 cm³/mol. The Morgan fingerprint density at radius 2 is 0.672 bits per heavy atom. The predicted octanol–water partition coefficient (Wildman–Crippen LogP) is 5.40. The van der Waals surface area contributed by atoms with Gasteiger partial charge in [0.1, 0.15) is 0 Å². The molecular formula is C48H96O16. The molecule has 0 amide bonds. The van der Waals surface area contributed by atoms with Gasteiger partial charge >= 0.3 is 0 Å². The third-order valence-electron chi connectivity index (χ3n) is 10.9. The molecule has 3 atom stereocenters. The van der Waals surface area contributed by atoms with Gasteiger partial charge in [-0.3, -0.25) is 0 Å². The van der Waals surface area contributed by atoms with E-state index < -0.39 is 6.10 Å². The van der Waals surface area contributed by atoms with Crippen LogP contribution in [0.15, 0.2) is 0 Å². The lowest BCUT2D eigenvalue weighted by atomic mass is 9.76. The maximum absolute atomic E-state index is 10.4. The standard InChI is InChI=1S/C48H96O16/c1-43(2)7-5-8-44(3)9-6-10-46-11-13-47(14-12-46)48(45(4)50)64-42-41-63-40-39-62-38-37-61-36-35-60-34-33-59-32-31-58-30-29-57-28-27-56-26-25-55-24-23-54-22-21-53-20-19-52-18-17-51-16-15-49/h43-50H,5-42H2,1-4H3. The van der Waals surface area contributed by atoms with Crippen LogP contribution >= 0.6 is 0 Å². The summed E-state index contributed by atoms with van der Waals surface area (Å²) in [6, 6.07) is 0. The molecule has 0 heterocycles. The van der Waals surface area contributed by atoms with Gasteiger partial charge in [-0.2, -0.15) is 0 Å². The lowest BCUT2D eigenvalue weighted by Gasteiger charge is -2.35. The summed E-state index contributed by atoms with van der Waals surface area (Å²) in [7, 11) is 0. The molecule has 1 fully saturated rings. The van der Waals surface area contributed by atoms with E-state index in [0.717, 1.165) is 30.6 Å². The van der Waals surface area contributed by atoms with Gasteiger partial charge in [-0.1, -0.05) is 72.1 Å². The summed E-state index contributed by atoms with van der Waals surface area (Å²) in [5, 5.41) is 19.1. The first kappa shape index (κ1) is 61.4. The van der Waals surface area contributed by atoms with Crippen LogP contribution in [-0.2, 0) is 66.3 Å². The van der Waals surface area contributed by atoms with Crippen molar-refractivity contribution in [2.24, 2.45) is 23.7 Å². The third-order valence-corrected chi connectivity index (χ3v) is 10.9. The molecule has 0 radical (unpaired) electrons. The van der Waals surface area contributed by atoms with E-state index in [1.54, 1.807) is 0 Å². The summed E-state index contributed by atoms with van der Waals surface area (Å²) in [6.07, 6.45) is 12.4. The summed E-state index contributed by atoms with van der Waals surface area (Å²) in [5.41, 5.74) is 0. The van der Waals surface area contributed by atoms with Gasteiger partial charge in [-0.25, -0.2) is 0 Å². The summed E-state index contributed by atoms with van der Waals surface area (Å²) in [6.45, 7) is 22.2. The molecule has 2 N–H and O–H groups in total. The fourth-order valence-corrected chi connectivity index (χ4v) is 7.30. The van der Waals surface area contributed by atoms with Crippen molar-refractivity contribution in [3.63, 3.8) is 0 Å². The monoisotopic (exact) mass is 929 g/mol. The molecule has 3 unspecified atom stereocenters. The second kappa shape index (κ2) is 48.8. The van der Waals surface area contributed by atoms with E-state index in [-0.39, 0.29) is 12.7 Å². The molecule has 0 aromatic carbocycles. The van der Waals surface area contributed by atoms with Crippen molar-refractivity contribution >= 4 is 0 Å². The SMILES string of the molecule is CC(C)CCCC(C)CCCC1CCC(C(OCCOCCOCCOCCOCCOCCOCCOCCOCCOCCOCCOCCOCCOCCO)C(C)O)CC1. The minimum atomic E-state index is -0.472. The van der Waals surface area contributed by atoms with Crippen LogP contribution in [0.4, 0.5) is 0 Å². The van der Waals surface area contributed by atoms with Crippen molar-refractivity contribution < 1.29 is 76.5 Å². The van der Waals surface area contributed by atoms with Crippen molar-refractivity contribution in [3.8, 4) is 0 Å². The van der Waals surface area contributed by atoms with E-state index in [9.17, 15) is 5.11 Å². The number of hydrogen-bond acceptors (Lipinski definition) is 16. The maximum Gasteiger partial charge on any atom is 0.0860 e. The van der Waals surface area contributed by atoms with Gasteiger partial charge in [0, 0.05) is 0 Å². The summed E-state index contributed by atoms with van der Waals surface area (Å²) < 4.78 is 77.4. The van der Waals surface area contributed by atoms with Crippen LogP contribution < -0.4 is 0 Å². The zero-order chi connectivity index (χ0) is 46.2. The van der Waals surface area contributed by atoms with Crippen molar-refractivity contribution in [2.45, 2.75) is 104 Å². The molecule has 384 valence electrons. The zero-order valence-corrected chi connectivity index (χ0v) is 40.9. The average Bonchev–Trinajstić information content (AvgIpc) is 3.28.